The summed E-state index contributed by atoms with van der Waals surface area (Å²) >= 11 is 0. The van der Waals surface area contributed by atoms with Crippen LogP contribution in [0.2, 0.25) is 0 Å². The second-order valence-electron chi connectivity index (χ2n) is 5.52. The predicted molar refractivity (Wildman–Crippen MR) is 61.7 cm³/mol. The van der Waals surface area contributed by atoms with Gasteiger partial charge in [0.05, 0.1) is 5.56 Å². The zero-order valence-electron chi connectivity index (χ0n) is 9.95. The molecule has 0 bridgehead atoms. The number of aryl methyl sites for hydroxylation is 1. The Morgan fingerprint density at radius 2 is 2.25 bits per heavy atom. The molecule has 86 valence electrons. The van der Waals surface area contributed by atoms with Gasteiger partial charge in [-0.1, -0.05) is 13.8 Å². The van der Waals surface area contributed by atoms with E-state index in [-0.39, 0.29) is 0 Å². The van der Waals surface area contributed by atoms with Crippen LogP contribution in [0.1, 0.15) is 60.7 Å². The van der Waals surface area contributed by atoms with E-state index in [9.17, 15) is 4.79 Å². The summed E-state index contributed by atoms with van der Waals surface area (Å²) in [5.74, 6) is 3.07. The van der Waals surface area contributed by atoms with Crippen LogP contribution < -0.4 is 0 Å². The van der Waals surface area contributed by atoms with E-state index in [0.29, 0.717) is 30.0 Å². The molecule has 0 N–H and O–H groups in total. The molecule has 0 amide bonds. The Balaban J connectivity index is 2.11. The maximum absolute atomic E-state index is 12.0. The van der Waals surface area contributed by atoms with Crippen LogP contribution in [0.5, 0.6) is 0 Å². The molecule has 16 heavy (non-hydrogen) atoms. The SMILES string of the molecule is CC(C)[C@H]1CC(=O)c2coc3c2[C@@H]1CCC3. The van der Waals surface area contributed by atoms with Crippen molar-refractivity contribution in [1.82, 2.24) is 0 Å². The summed E-state index contributed by atoms with van der Waals surface area (Å²) in [7, 11) is 0. The van der Waals surface area contributed by atoms with Crippen molar-refractivity contribution in [3.8, 4) is 0 Å². The van der Waals surface area contributed by atoms with Crippen molar-refractivity contribution in [3.05, 3.63) is 23.2 Å². The van der Waals surface area contributed by atoms with Crippen LogP contribution in [0.15, 0.2) is 10.7 Å². The third kappa shape index (κ3) is 1.28. The van der Waals surface area contributed by atoms with Gasteiger partial charge in [0, 0.05) is 18.4 Å². The number of hydrogen-bond acceptors (Lipinski definition) is 2. The molecular weight excluding hydrogens is 200 g/mol. The van der Waals surface area contributed by atoms with E-state index in [1.807, 2.05) is 0 Å². The van der Waals surface area contributed by atoms with E-state index in [1.54, 1.807) is 6.26 Å². The van der Waals surface area contributed by atoms with Crippen LogP contribution in [-0.2, 0) is 6.42 Å². The largest absolute Gasteiger partial charge is 0.468 e. The van der Waals surface area contributed by atoms with Gasteiger partial charge in [0.2, 0.25) is 0 Å². The first-order chi connectivity index (χ1) is 7.68. The standard InChI is InChI=1S/C14H18O2/c1-8(2)10-6-12(15)11-7-16-13-5-3-4-9(10)14(11)13/h7-10H,3-6H2,1-2H3/t9-,10-/m1/s1. The topological polar surface area (TPSA) is 30.2 Å². The number of hydrogen-bond donors (Lipinski definition) is 0. The van der Waals surface area contributed by atoms with Gasteiger partial charge in [0.1, 0.15) is 12.0 Å². The van der Waals surface area contributed by atoms with Gasteiger partial charge >= 0.3 is 0 Å². The Morgan fingerprint density at radius 3 is 3.00 bits per heavy atom. The van der Waals surface area contributed by atoms with Gasteiger partial charge in [0.15, 0.2) is 5.78 Å². The number of carbonyl (C=O) groups excluding carboxylic acids is 1. The van der Waals surface area contributed by atoms with Crippen molar-refractivity contribution >= 4 is 5.78 Å². The summed E-state index contributed by atoms with van der Waals surface area (Å²) in [6.07, 6.45) is 5.87. The number of carbonyl (C=O) groups is 1. The summed E-state index contributed by atoms with van der Waals surface area (Å²) in [6.45, 7) is 4.47. The van der Waals surface area contributed by atoms with Crippen molar-refractivity contribution in [3.63, 3.8) is 0 Å². The first kappa shape index (κ1) is 10.1. The van der Waals surface area contributed by atoms with Crippen molar-refractivity contribution in [2.75, 3.05) is 0 Å². The number of rotatable bonds is 1. The Kier molecular flexibility index (Phi) is 2.20. The smallest absolute Gasteiger partial charge is 0.166 e. The molecule has 2 nitrogen and oxygen atoms in total. The first-order valence-electron chi connectivity index (χ1n) is 6.32. The fraction of sp³-hybridized carbons (Fsp3) is 0.643. The van der Waals surface area contributed by atoms with Gasteiger partial charge in [-0.3, -0.25) is 4.79 Å². The molecular formula is C14H18O2. The first-order valence-corrected chi connectivity index (χ1v) is 6.32. The average molecular weight is 218 g/mol. The van der Waals surface area contributed by atoms with E-state index in [1.165, 1.54) is 18.4 Å². The molecule has 2 atom stereocenters. The molecule has 0 aliphatic heterocycles. The summed E-state index contributed by atoms with van der Waals surface area (Å²) in [5.41, 5.74) is 2.15. The second kappa shape index (κ2) is 3.47. The maximum atomic E-state index is 12.0. The van der Waals surface area contributed by atoms with Crippen LogP contribution >= 0.6 is 0 Å². The van der Waals surface area contributed by atoms with Crippen LogP contribution in [0.25, 0.3) is 0 Å². The molecule has 3 rings (SSSR count). The van der Waals surface area contributed by atoms with Crippen molar-refractivity contribution < 1.29 is 9.21 Å². The Hall–Kier alpha value is -1.05. The van der Waals surface area contributed by atoms with Crippen LogP contribution in [0.3, 0.4) is 0 Å². The fourth-order valence-corrected chi connectivity index (χ4v) is 3.44. The van der Waals surface area contributed by atoms with Crippen molar-refractivity contribution in [2.24, 2.45) is 11.8 Å². The van der Waals surface area contributed by atoms with E-state index < -0.39 is 0 Å². The Morgan fingerprint density at radius 1 is 1.44 bits per heavy atom. The number of Topliss-reactive ketones (excluding diaryl/α,β-unsaturated/α-hetero) is 1. The molecule has 1 heterocycles. The van der Waals surface area contributed by atoms with Gasteiger partial charge < -0.3 is 4.42 Å². The molecule has 1 aromatic heterocycles. The maximum Gasteiger partial charge on any atom is 0.166 e. The van der Waals surface area contributed by atoms with Gasteiger partial charge in [-0.25, -0.2) is 0 Å². The van der Waals surface area contributed by atoms with Crippen molar-refractivity contribution in [2.45, 2.75) is 45.4 Å². The third-order valence-corrected chi connectivity index (χ3v) is 4.29. The lowest BCUT2D eigenvalue weighted by atomic mass is 9.67. The van der Waals surface area contributed by atoms with Gasteiger partial charge in [-0.2, -0.15) is 0 Å². The third-order valence-electron chi connectivity index (χ3n) is 4.29. The zero-order valence-corrected chi connectivity index (χ0v) is 9.95. The molecule has 2 aliphatic rings. The lowest BCUT2D eigenvalue weighted by Gasteiger charge is -2.36. The highest BCUT2D eigenvalue weighted by Crippen LogP contribution is 2.47. The molecule has 0 saturated carbocycles. The quantitative estimate of drug-likeness (QED) is 0.721. The van der Waals surface area contributed by atoms with Gasteiger partial charge in [0.25, 0.3) is 0 Å². The molecule has 0 fully saturated rings. The van der Waals surface area contributed by atoms with Gasteiger partial charge in [-0.05, 0) is 30.6 Å². The lowest BCUT2D eigenvalue weighted by Crippen LogP contribution is -2.30. The summed E-state index contributed by atoms with van der Waals surface area (Å²) in [6, 6.07) is 0. The highest BCUT2D eigenvalue weighted by Gasteiger charge is 2.40. The van der Waals surface area contributed by atoms with Crippen molar-refractivity contribution in [1.29, 1.82) is 0 Å². The predicted octanol–water partition coefficient (Wildman–Crippen LogP) is 3.56. The summed E-state index contributed by atoms with van der Waals surface area (Å²) in [5, 5.41) is 0. The average Bonchev–Trinajstić information content (AvgIpc) is 2.68. The lowest BCUT2D eigenvalue weighted by molar-refractivity contribution is 0.0910. The minimum absolute atomic E-state index is 0.293. The number of ketones is 1. The summed E-state index contributed by atoms with van der Waals surface area (Å²) in [4.78, 5) is 12.0. The normalized spacial score (nSPS) is 28.3. The summed E-state index contributed by atoms with van der Waals surface area (Å²) < 4.78 is 5.57. The highest BCUT2D eigenvalue weighted by molar-refractivity contribution is 5.99. The molecule has 0 aromatic carbocycles. The molecule has 0 radical (unpaired) electrons. The van der Waals surface area contributed by atoms with E-state index in [0.717, 1.165) is 17.7 Å². The van der Waals surface area contributed by atoms with E-state index >= 15 is 0 Å². The van der Waals surface area contributed by atoms with E-state index in [2.05, 4.69) is 13.8 Å². The molecule has 0 saturated heterocycles. The monoisotopic (exact) mass is 218 g/mol. The Bertz CT molecular complexity index is 428. The van der Waals surface area contributed by atoms with Crippen LogP contribution in [-0.4, -0.2) is 5.78 Å². The van der Waals surface area contributed by atoms with E-state index in [4.69, 9.17) is 4.42 Å². The number of furan rings is 1. The molecule has 2 heteroatoms. The molecule has 0 spiro atoms. The van der Waals surface area contributed by atoms with Crippen LogP contribution in [0.4, 0.5) is 0 Å². The second-order valence-corrected chi connectivity index (χ2v) is 5.52. The zero-order chi connectivity index (χ0) is 11.3. The fourth-order valence-electron chi connectivity index (χ4n) is 3.44. The molecule has 1 aromatic rings. The van der Waals surface area contributed by atoms with Gasteiger partial charge in [-0.15, -0.1) is 0 Å². The minimum Gasteiger partial charge on any atom is -0.468 e. The molecule has 2 aliphatic carbocycles. The molecule has 0 unspecified atom stereocenters. The minimum atomic E-state index is 0.293. The van der Waals surface area contributed by atoms with Crippen LogP contribution in [0, 0.1) is 11.8 Å². The Labute approximate surface area is 96.0 Å². The highest BCUT2D eigenvalue weighted by atomic mass is 16.3.